The lowest BCUT2D eigenvalue weighted by Crippen LogP contribution is -2.01. The van der Waals surface area contributed by atoms with Gasteiger partial charge in [0.25, 0.3) is 0 Å². The van der Waals surface area contributed by atoms with Crippen LogP contribution in [0.3, 0.4) is 0 Å². The van der Waals surface area contributed by atoms with E-state index in [0.717, 1.165) is 17.1 Å². The minimum absolute atomic E-state index is 0.00966. The second-order valence-electron chi connectivity index (χ2n) is 3.18. The largest absolute Gasteiger partial charge is 0.390 e. The van der Waals surface area contributed by atoms with Crippen LogP contribution < -0.4 is 0 Å². The lowest BCUT2D eigenvalue weighted by atomic mass is 10.3. The van der Waals surface area contributed by atoms with E-state index >= 15 is 0 Å². The van der Waals surface area contributed by atoms with Crippen LogP contribution in [0.1, 0.15) is 25.2 Å². The highest BCUT2D eigenvalue weighted by atomic mass is 16.3. The van der Waals surface area contributed by atoms with E-state index in [2.05, 4.69) is 5.10 Å². The Labute approximate surface area is 96.4 Å². The van der Waals surface area contributed by atoms with Gasteiger partial charge in [0.15, 0.2) is 0 Å². The Hall–Kier alpha value is -1.61. The summed E-state index contributed by atoms with van der Waals surface area (Å²) >= 11 is 0. The number of nitrogens with zero attached hydrogens (tertiary/aromatic N) is 2. The van der Waals surface area contributed by atoms with Gasteiger partial charge in [-0.2, -0.15) is 5.10 Å². The average molecular weight is 218 g/mol. The smallest absolute Gasteiger partial charge is 0.0854 e. The second kappa shape index (κ2) is 6.08. The van der Waals surface area contributed by atoms with Crippen LogP contribution in [-0.4, -0.2) is 14.9 Å². The minimum Gasteiger partial charge on any atom is -0.390 e. The summed E-state index contributed by atoms with van der Waals surface area (Å²) in [4.78, 5) is 0. The van der Waals surface area contributed by atoms with Gasteiger partial charge < -0.3 is 5.11 Å². The van der Waals surface area contributed by atoms with Crippen molar-refractivity contribution in [1.82, 2.24) is 9.78 Å². The lowest BCUT2D eigenvalue weighted by molar-refractivity contribution is 0.273. The summed E-state index contributed by atoms with van der Waals surface area (Å²) in [5, 5.41) is 13.4. The lowest BCUT2D eigenvalue weighted by Gasteiger charge is -2.04. The monoisotopic (exact) mass is 218 g/mol. The van der Waals surface area contributed by atoms with Gasteiger partial charge in [-0.05, 0) is 25.1 Å². The van der Waals surface area contributed by atoms with Crippen molar-refractivity contribution in [3.63, 3.8) is 0 Å². The summed E-state index contributed by atoms with van der Waals surface area (Å²) in [6.07, 6.45) is 0. The van der Waals surface area contributed by atoms with Gasteiger partial charge in [-0.15, -0.1) is 0 Å². The molecule has 0 aliphatic heterocycles. The van der Waals surface area contributed by atoms with Gasteiger partial charge >= 0.3 is 0 Å². The maximum atomic E-state index is 9.13. The first kappa shape index (κ1) is 12.5. The van der Waals surface area contributed by atoms with Crippen LogP contribution in [0.5, 0.6) is 0 Å². The third-order valence-electron chi connectivity index (χ3n) is 2.07. The molecule has 1 aromatic carbocycles. The number of rotatable bonds is 2. The van der Waals surface area contributed by atoms with Crippen molar-refractivity contribution in [1.29, 1.82) is 0 Å². The van der Waals surface area contributed by atoms with E-state index in [-0.39, 0.29) is 6.61 Å². The van der Waals surface area contributed by atoms with E-state index in [9.17, 15) is 0 Å². The molecule has 0 radical (unpaired) electrons. The molecule has 0 aliphatic carbocycles. The van der Waals surface area contributed by atoms with Gasteiger partial charge in [0.2, 0.25) is 0 Å². The molecule has 0 amide bonds. The third-order valence-corrected chi connectivity index (χ3v) is 2.07. The number of hydrogen-bond donors (Lipinski definition) is 1. The van der Waals surface area contributed by atoms with Crippen LogP contribution in [0, 0.1) is 6.92 Å². The van der Waals surface area contributed by atoms with Crippen LogP contribution >= 0.6 is 0 Å². The molecule has 1 aromatic heterocycles. The Bertz CT molecular complexity index is 421. The molecule has 16 heavy (non-hydrogen) atoms. The van der Waals surface area contributed by atoms with E-state index in [0.29, 0.717) is 0 Å². The molecule has 0 atom stereocenters. The van der Waals surface area contributed by atoms with Gasteiger partial charge in [-0.3, -0.25) is 0 Å². The predicted octanol–water partition coefficient (Wildman–Crippen LogP) is 2.70. The molecule has 0 saturated carbocycles. The summed E-state index contributed by atoms with van der Waals surface area (Å²) in [6, 6.07) is 11.7. The van der Waals surface area contributed by atoms with E-state index in [1.54, 1.807) is 4.68 Å². The first-order valence-corrected chi connectivity index (χ1v) is 5.53. The minimum atomic E-state index is 0.00966. The summed E-state index contributed by atoms with van der Waals surface area (Å²) in [5.41, 5.74) is 2.70. The van der Waals surface area contributed by atoms with Crippen LogP contribution in [-0.2, 0) is 6.61 Å². The molecule has 2 rings (SSSR count). The zero-order valence-electron chi connectivity index (χ0n) is 10.0. The molecule has 1 N–H and O–H groups in total. The quantitative estimate of drug-likeness (QED) is 0.841. The zero-order chi connectivity index (χ0) is 12.0. The molecular formula is C13H18N2O. The molecule has 0 spiro atoms. The molecular weight excluding hydrogens is 200 g/mol. The molecule has 0 aliphatic rings. The van der Waals surface area contributed by atoms with Crippen LogP contribution in [0.25, 0.3) is 5.69 Å². The zero-order valence-corrected chi connectivity index (χ0v) is 10.0. The number of hydrogen-bond acceptors (Lipinski definition) is 2. The average Bonchev–Trinajstić information content (AvgIpc) is 2.74. The standard InChI is InChI=1S/C11H12N2O.C2H6/c1-9-7-11(8-14)13(12-9)10-5-3-2-4-6-10;1-2/h2-7,14H,8H2,1H3;1-2H3. The summed E-state index contributed by atoms with van der Waals surface area (Å²) in [5.74, 6) is 0. The first-order valence-electron chi connectivity index (χ1n) is 5.53. The highest BCUT2D eigenvalue weighted by molar-refractivity contribution is 5.33. The van der Waals surface area contributed by atoms with Crippen molar-refractivity contribution in [2.45, 2.75) is 27.4 Å². The highest BCUT2D eigenvalue weighted by Crippen LogP contribution is 2.11. The highest BCUT2D eigenvalue weighted by Gasteiger charge is 2.04. The van der Waals surface area contributed by atoms with Crippen molar-refractivity contribution < 1.29 is 5.11 Å². The molecule has 0 unspecified atom stereocenters. The van der Waals surface area contributed by atoms with Gasteiger partial charge in [0.1, 0.15) is 0 Å². The molecule has 1 heterocycles. The third kappa shape index (κ3) is 2.70. The van der Waals surface area contributed by atoms with Gasteiger partial charge in [-0.25, -0.2) is 4.68 Å². The van der Waals surface area contributed by atoms with Gasteiger partial charge in [0, 0.05) is 0 Å². The van der Waals surface area contributed by atoms with Crippen molar-refractivity contribution in [3.05, 3.63) is 47.8 Å². The van der Waals surface area contributed by atoms with E-state index < -0.39 is 0 Å². The Morgan fingerprint density at radius 3 is 2.38 bits per heavy atom. The number of aryl methyl sites for hydroxylation is 1. The number of para-hydroxylation sites is 1. The fourth-order valence-electron chi connectivity index (χ4n) is 1.46. The van der Waals surface area contributed by atoms with Crippen molar-refractivity contribution in [3.8, 4) is 5.69 Å². The van der Waals surface area contributed by atoms with E-state index in [1.807, 2.05) is 57.2 Å². The Morgan fingerprint density at radius 2 is 1.81 bits per heavy atom. The van der Waals surface area contributed by atoms with E-state index in [1.165, 1.54) is 0 Å². The number of aromatic nitrogens is 2. The fourth-order valence-corrected chi connectivity index (χ4v) is 1.46. The first-order chi connectivity index (χ1) is 7.81. The number of aliphatic hydroxyl groups is 1. The summed E-state index contributed by atoms with van der Waals surface area (Å²) in [7, 11) is 0. The molecule has 86 valence electrons. The normalized spacial score (nSPS) is 9.50. The van der Waals surface area contributed by atoms with Gasteiger partial charge in [0.05, 0.1) is 23.7 Å². The molecule has 2 aromatic rings. The molecule has 3 nitrogen and oxygen atoms in total. The van der Waals surface area contributed by atoms with Crippen molar-refractivity contribution >= 4 is 0 Å². The molecule has 0 bridgehead atoms. The predicted molar refractivity (Wildman–Crippen MR) is 65.6 cm³/mol. The number of benzene rings is 1. The van der Waals surface area contributed by atoms with Crippen LogP contribution in [0.15, 0.2) is 36.4 Å². The van der Waals surface area contributed by atoms with Gasteiger partial charge in [-0.1, -0.05) is 32.0 Å². The Morgan fingerprint density at radius 1 is 1.19 bits per heavy atom. The summed E-state index contributed by atoms with van der Waals surface area (Å²) in [6.45, 7) is 5.92. The summed E-state index contributed by atoms with van der Waals surface area (Å²) < 4.78 is 1.76. The number of aliphatic hydroxyl groups excluding tert-OH is 1. The topological polar surface area (TPSA) is 38.0 Å². The van der Waals surface area contributed by atoms with Crippen LogP contribution in [0.2, 0.25) is 0 Å². The SMILES string of the molecule is CC.Cc1cc(CO)n(-c2ccccc2)n1. The maximum absolute atomic E-state index is 9.13. The molecule has 0 saturated heterocycles. The fraction of sp³-hybridized carbons (Fsp3) is 0.308. The Kier molecular flexibility index (Phi) is 4.73. The van der Waals surface area contributed by atoms with Crippen molar-refractivity contribution in [2.24, 2.45) is 0 Å². The molecule has 0 fully saturated rings. The van der Waals surface area contributed by atoms with Crippen LogP contribution in [0.4, 0.5) is 0 Å². The maximum Gasteiger partial charge on any atom is 0.0854 e. The second-order valence-corrected chi connectivity index (χ2v) is 3.18. The Balaban J connectivity index is 0.000000606. The van der Waals surface area contributed by atoms with Crippen molar-refractivity contribution in [2.75, 3.05) is 0 Å². The van der Waals surface area contributed by atoms with E-state index in [4.69, 9.17) is 5.11 Å². The molecule has 3 heteroatoms.